The van der Waals surface area contributed by atoms with E-state index in [1.807, 2.05) is 16.8 Å². The third kappa shape index (κ3) is 5.30. The van der Waals surface area contributed by atoms with Crippen molar-refractivity contribution in [1.82, 2.24) is 29.5 Å². The Morgan fingerprint density at radius 1 is 1.15 bits per heavy atom. The van der Waals surface area contributed by atoms with E-state index in [1.165, 1.54) is 10.6 Å². The summed E-state index contributed by atoms with van der Waals surface area (Å²) in [5.74, 6) is 1.94. The van der Waals surface area contributed by atoms with Crippen LogP contribution in [0.2, 0.25) is 0 Å². The van der Waals surface area contributed by atoms with Gasteiger partial charge in [0.2, 0.25) is 17.7 Å². The molecule has 0 bridgehead atoms. The fraction of sp³-hybridized carbons (Fsp3) is 0.440. The van der Waals surface area contributed by atoms with Gasteiger partial charge < -0.3 is 34.5 Å². The first-order valence-corrected chi connectivity index (χ1v) is 12.8. The topological polar surface area (TPSA) is 144 Å². The molecule has 13 nitrogen and oxygen atoms in total. The second kappa shape index (κ2) is 10.6. The molecule has 2 saturated heterocycles. The number of aliphatic hydroxyl groups is 1. The summed E-state index contributed by atoms with van der Waals surface area (Å²) in [4.78, 5) is 19.6. The average molecular weight is 540 g/mol. The maximum atomic E-state index is 14.9. The molecule has 0 unspecified atom stereocenters. The van der Waals surface area contributed by atoms with E-state index in [2.05, 4.69) is 25.0 Å². The maximum absolute atomic E-state index is 14.9. The summed E-state index contributed by atoms with van der Waals surface area (Å²) in [5.41, 5.74) is 6.66. The van der Waals surface area contributed by atoms with Gasteiger partial charge in [0.15, 0.2) is 5.76 Å². The number of likely N-dealkylation sites (N-methyl/N-ethyl adjacent to an activating group) is 1. The molecule has 0 aliphatic carbocycles. The molecule has 0 saturated carbocycles. The van der Waals surface area contributed by atoms with Crippen molar-refractivity contribution in [3.05, 3.63) is 42.4 Å². The summed E-state index contributed by atoms with van der Waals surface area (Å²) >= 11 is 0. The smallest absolute Gasteiger partial charge is 0.259 e. The number of nitrogens with zero attached hydrogens (tertiary/aromatic N) is 8. The summed E-state index contributed by atoms with van der Waals surface area (Å²) in [5, 5.41) is 14.2. The molecule has 2 atom stereocenters. The van der Waals surface area contributed by atoms with Crippen molar-refractivity contribution < 1.29 is 23.4 Å². The zero-order valence-corrected chi connectivity index (χ0v) is 21.5. The van der Waals surface area contributed by atoms with E-state index in [4.69, 9.17) is 19.6 Å². The van der Waals surface area contributed by atoms with Crippen LogP contribution in [0.1, 0.15) is 0 Å². The van der Waals surface area contributed by atoms with Crippen LogP contribution in [0.4, 0.5) is 22.0 Å². The molecule has 0 spiro atoms. The van der Waals surface area contributed by atoms with Crippen LogP contribution in [-0.4, -0.2) is 106 Å². The summed E-state index contributed by atoms with van der Waals surface area (Å²) in [6, 6.07) is 8.37. The van der Waals surface area contributed by atoms with Crippen LogP contribution >= 0.6 is 0 Å². The number of fused-ring (bicyclic) bond motifs is 1. The van der Waals surface area contributed by atoms with Gasteiger partial charge in [-0.1, -0.05) is 0 Å². The van der Waals surface area contributed by atoms with Crippen molar-refractivity contribution in [2.45, 2.75) is 12.2 Å². The fourth-order valence-corrected chi connectivity index (χ4v) is 4.71. The third-order valence-electron chi connectivity index (χ3n) is 6.98. The van der Waals surface area contributed by atoms with E-state index >= 15 is 0 Å². The molecule has 39 heavy (non-hydrogen) atoms. The van der Waals surface area contributed by atoms with Gasteiger partial charge >= 0.3 is 0 Å². The van der Waals surface area contributed by atoms with Crippen molar-refractivity contribution in [2.75, 3.05) is 75.1 Å². The first-order chi connectivity index (χ1) is 18.9. The van der Waals surface area contributed by atoms with Crippen LogP contribution in [0, 0.1) is 5.82 Å². The summed E-state index contributed by atoms with van der Waals surface area (Å²) in [6.07, 6.45) is 0.377. The lowest BCUT2D eigenvalue weighted by atomic mass is 10.2. The Bertz CT molecular complexity index is 1420. The van der Waals surface area contributed by atoms with Crippen LogP contribution in [0.15, 0.2) is 41.0 Å². The van der Waals surface area contributed by atoms with Crippen molar-refractivity contribution in [3.63, 3.8) is 0 Å². The Kier molecular flexibility index (Phi) is 6.89. The number of nitrogens with two attached hydrogens (primary N) is 1. The number of anilines is 3. The molecule has 6 rings (SSSR count). The van der Waals surface area contributed by atoms with Gasteiger partial charge in [-0.3, -0.25) is 4.90 Å². The van der Waals surface area contributed by atoms with Gasteiger partial charge in [-0.05, 0) is 24.3 Å². The van der Waals surface area contributed by atoms with Crippen molar-refractivity contribution in [3.8, 4) is 17.3 Å². The molecule has 14 heteroatoms. The van der Waals surface area contributed by atoms with E-state index in [-0.39, 0.29) is 18.4 Å². The number of aliphatic hydroxyl groups excluding tert-OH is 1. The number of rotatable bonds is 8. The summed E-state index contributed by atoms with van der Waals surface area (Å²) < 4.78 is 32.5. The molecule has 5 heterocycles. The summed E-state index contributed by atoms with van der Waals surface area (Å²) in [7, 11) is 1.90. The Morgan fingerprint density at radius 2 is 2.00 bits per heavy atom. The highest BCUT2D eigenvalue weighted by molar-refractivity contribution is 5.53. The number of hydrogen-bond acceptors (Lipinski definition) is 12. The maximum Gasteiger partial charge on any atom is 0.259 e. The SMILES string of the molecule is CN(CCN1CCN(c2ccc(O[C@@H]3COC[C@H]3O)cc2F)CC1)c1nc(N)n2nc(-c3ccco3)nc2n1. The minimum atomic E-state index is -0.699. The molecule has 4 aromatic rings. The monoisotopic (exact) mass is 539 g/mol. The quantitative estimate of drug-likeness (QED) is 0.328. The molecule has 3 N–H and O–H groups in total. The largest absolute Gasteiger partial charge is 0.485 e. The predicted octanol–water partition coefficient (Wildman–Crippen LogP) is 0.898. The Labute approximate surface area is 223 Å². The van der Waals surface area contributed by atoms with E-state index < -0.39 is 12.2 Å². The van der Waals surface area contributed by atoms with Gasteiger partial charge in [0, 0.05) is 52.4 Å². The lowest BCUT2D eigenvalue weighted by Crippen LogP contribution is -2.48. The number of hydrogen-bond donors (Lipinski definition) is 2. The Balaban J connectivity index is 1.02. The van der Waals surface area contributed by atoms with Crippen LogP contribution in [0.25, 0.3) is 17.4 Å². The van der Waals surface area contributed by atoms with Crippen LogP contribution < -0.4 is 20.3 Å². The standard InChI is InChI=1S/C25H30FN9O4/c1-32(24-29-23(27)35-25(30-24)28-22(31-35)20-3-2-12-38-20)6-7-33-8-10-34(11-9-33)18-5-4-16(13-17(18)26)39-21-15-37-14-19(21)36/h2-5,12-13,19,21,36H,6-11,14-15H2,1H3,(H2,27,28,29,30,31)/t19-,21-/m1/s1. The second-order valence-electron chi connectivity index (χ2n) is 9.63. The van der Waals surface area contributed by atoms with Gasteiger partial charge in [-0.2, -0.15) is 19.5 Å². The van der Waals surface area contributed by atoms with E-state index in [0.29, 0.717) is 61.0 Å². The van der Waals surface area contributed by atoms with Crippen molar-refractivity contribution in [2.24, 2.45) is 0 Å². The van der Waals surface area contributed by atoms with Gasteiger partial charge in [0.25, 0.3) is 5.78 Å². The van der Waals surface area contributed by atoms with Crippen molar-refractivity contribution >= 4 is 23.4 Å². The van der Waals surface area contributed by atoms with Gasteiger partial charge in [0.1, 0.15) is 23.8 Å². The molecule has 2 aliphatic rings. The lowest BCUT2D eigenvalue weighted by Gasteiger charge is -2.36. The number of piperazine rings is 1. The van der Waals surface area contributed by atoms with Crippen LogP contribution in [-0.2, 0) is 4.74 Å². The number of aromatic nitrogens is 5. The Morgan fingerprint density at radius 3 is 2.72 bits per heavy atom. The van der Waals surface area contributed by atoms with E-state index in [1.54, 1.807) is 30.5 Å². The van der Waals surface area contributed by atoms with Gasteiger partial charge in [0.05, 0.1) is 25.2 Å². The second-order valence-corrected chi connectivity index (χ2v) is 9.63. The molecule has 2 fully saturated rings. The normalized spacial score (nSPS) is 20.1. The number of ether oxygens (including phenoxy) is 2. The predicted molar refractivity (Wildman–Crippen MR) is 140 cm³/mol. The van der Waals surface area contributed by atoms with E-state index in [9.17, 15) is 9.50 Å². The van der Waals surface area contributed by atoms with Crippen LogP contribution in [0.3, 0.4) is 0 Å². The van der Waals surface area contributed by atoms with Gasteiger partial charge in [-0.25, -0.2) is 4.39 Å². The average Bonchev–Trinajstić information content (AvgIpc) is 3.70. The molecular formula is C25H30FN9O4. The molecule has 206 valence electrons. The van der Waals surface area contributed by atoms with Gasteiger partial charge in [-0.15, -0.1) is 5.10 Å². The highest BCUT2D eigenvalue weighted by Gasteiger charge is 2.28. The fourth-order valence-electron chi connectivity index (χ4n) is 4.71. The number of furan rings is 1. The van der Waals surface area contributed by atoms with Crippen molar-refractivity contribution in [1.29, 1.82) is 0 Å². The number of halogens is 1. The first kappa shape index (κ1) is 25.3. The minimum Gasteiger partial charge on any atom is -0.485 e. The van der Waals surface area contributed by atoms with E-state index in [0.717, 1.165) is 19.6 Å². The molecule has 1 aromatic carbocycles. The number of nitrogen functional groups attached to an aromatic ring is 1. The molecule has 2 aliphatic heterocycles. The Hall–Kier alpha value is -4.01. The summed E-state index contributed by atoms with van der Waals surface area (Å²) in [6.45, 7) is 4.95. The zero-order valence-electron chi connectivity index (χ0n) is 21.5. The third-order valence-corrected chi connectivity index (χ3v) is 6.98. The molecular weight excluding hydrogens is 509 g/mol. The minimum absolute atomic E-state index is 0.187. The molecule has 3 aromatic heterocycles. The lowest BCUT2D eigenvalue weighted by molar-refractivity contribution is 0.0731. The first-order valence-electron chi connectivity index (χ1n) is 12.8. The zero-order chi connectivity index (χ0) is 26.9. The molecule has 0 amide bonds. The highest BCUT2D eigenvalue weighted by atomic mass is 19.1. The number of benzene rings is 1. The highest BCUT2D eigenvalue weighted by Crippen LogP contribution is 2.27. The van der Waals surface area contributed by atoms with Crippen LogP contribution in [0.5, 0.6) is 5.75 Å². The molecule has 0 radical (unpaired) electrons.